The molecule has 3 aliphatic rings. The molecule has 0 N–H and O–H groups in total. The molecule has 0 spiro atoms. The van der Waals surface area contributed by atoms with E-state index in [0.29, 0.717) is 18.3 Å². The average molecular weight is 290 g/mol. The fourth-order valence-electron chi connectivity index (χ4n) is 3.54. The number of fused-ring (bicyclic) bond motifs is 3. The van der Waals surface area contributed by atoms with Gasteiger partial charge in [0.25, 0.3) is 0 Å². The fraction of sp³-hybridized carbons (Fsp3) is 0.562. The summed E-state index contributed by atoms with van der Waals surface area (Å²) in [5.74, 6) is -0.303. The van der Waals surface area contributed by atoms with E-state index in [1.165, 1.54) is 31.4 Å². The molecule has 2 heterocycles. The molecule has 1 unspecified atom stereocenters. The first kappa shape index (κ1) is 13.1. The van der Waals surface area contributed by atoms with E-state index in [2.05, 4.69) is 4.90 Å². The van der Waals surface area contributed by atoms with E-state index in [1.54, 1.807) is 4.90 Å². The van der Waals surface area contributed by atoms with E-state index >= 15 is 0 Å². The number of hydrogen-bond donors (Lipinski definition) is 0. The number of carbonyl (C=O) groups excluding carboxylic acids is 1. The van der Waals surface area contributed by atoms with Crippen LogP contribution in [0.2, 0.25) is 0 Å². The predicted molar refractivity (Wildman–Crippen MR) is 76.7 cm³/mol. The minimum atomic E-state index is -0.344. The van der Waals surface area contributed by atoms with E-state index in [-0.39, 0.29) is 18.0 Å². The third kappa shape index (κ3) is 2.20. The number of benzene rings is 1. The molecule has 0 aromatic heterocycles. The molecule has 4 nitrogen and oxygen atoms in total. The Bertz CT molecular complexity index is 573. The molecule has 2 aliphatic heterocycles. The zero-order valence-electron chi connectivity index (χ0n) is 11.9. The molecule has 1 aromatic carbocycles. The summed E-state index contributed by atoms with van der Waals surface area (Å²) in [7, 11) is 0. The van der Waals surface area contributed by atoms with Crippen molar-refractivity contribution in [2.24, 2.45) is 0 Å². The highest BCUT2D eigenvalue weighted by Crippen LogP contribution is 2.35. The van der Waals surface area contributed by atoms with Crippen LogP contribution >= 0.6 is 0 Å². The summed E-state index contributed by atoms with van der Waals surface area (Å²) < 4.78 is 18.8. The van der Waals surface area contributed by atoms with Gasteiger partial charge < -0.3 is 4.74 Å². The molecule has 4 rings (SSSR count). The van der Waals surface area contributed by atoms with Crippen molar-refractivity contribution in [3.63, 3.8) is 0 Å². The Balaban J connectivity index is 1.73. The third-order valence-corrected chi connectivity index (χ3v) is 4.98. The molecule has 0 radical (unpaired) electrons. The van der Waals surface area contributed by atoms with Gasteiger partial charge in [0, 0.05) is 19.1 Å². The second kappa shape index (κ2) is 4.98. The van der Waals surface area contributed by atoms with Gasteiger partial charge in [-0.25, -0.2) is 9.18 Å². The molecule has 1 saturated heterocycles. The standard InChI is InChI=1S/C16H19FN2O2/c17-12-5-4-11-9-18(13-2-1-3-13)7-6-14-10-21-16(20)19(14)15(11)8-12/h4-5,8,13-14H,1-3,6-7,9-10H2. The van der Waals surface area contributed by atoms with Gasteiger partial charge in [0.05, 0.1) is 11.7 Å². The number of hydrogen-bond acceptors (Lipinski definition) is 3. The molecule has 1 aliphatic carbocycles. The lowest BCUT2D eigenvalue weighted by Gasteiger charge is -2.40. The normalized spacial score (nSPS) is 26.4. The van der Waals surface area contributed by atoms with Crippen LogP contribution in [-0.4, -0.2) is 36.2 Å². The predicted octanol–water partition coefficient (Wildman–Crippen LogP) is 2.91. The van der Waals surface area contributed by atoms with Crippen molar-refractivity contribution >= 4 is 11.8 Å². The van der Waals surface area contributed by atoms with Crippen molar-refractivity contribution in [2.45, 2.75) is 44.3 Å². The lowest BCUT2D eigenvalue weighted by Crippen LogP contribution is -2.45. The minimum absolute atomic E-state index is 0.0286. The Kier molecular flexibility index (Phi) is 3.10. The van der Waals surface area contributed by atoms with Gasteiger partial charge in [0.1, 0.15) is 12.4 Å². The summed E-state index contributed by atoms with van der Waals surface area (Å²) in [6.45, 7) is 2.17. The topological polar surface area (TPSA) is 32.8 Å². The van der Waals surface area contributed by atoms with Crippen LogP contribution in [0.1, 0.15) is 31.2 Å². The summed E-state index contributed by atoms with van der Waals surface area (Å²) in [5, 5.41) is 0. The van der Waals surface area contributed by atoms with Gasteiger partial charge in [-0.3, -0.25) is 9.80 Å². The molecule has 1 amide bonds. The Morgan fingerprint density at radius 3 is 2.81 bits per heavy atom. The number of anilines is 1. The fourth-order valence-corrected chi connectivity index (χ4v) is 3.54. The monoisotopic (exact) mass is 290 g/mol. The second-order valence-electron chi connectivity index (χ2n) is 6.22. The summed E-state index contributed by atoms with van der Waals surface area (Å²) >= 11 is 0. The summed E-state index contributed by atoms with van der Waals surface area (Å²) in [5.41, 5.74) is 1.71. The van der Waals surface area contributed by atoms with Crippen LogP contribution in [0.3, 0.4) is 0 Å². The van der Waals surface area contributed by atoms with Gasteiger partial charge in [-0.15, -0.1) is 0 Å². The first-order valence-corrected chi connectivity index (χ1v) is 7.71. The molecule has 1 saturated carbocycles. The Morgan fingerprint density at radius 1 is 1.19 bits per heavy atom. The van der Waals surface area contributed by atoms with E-state index in [4.69, 9.17) is 4.74 Å². The number of rotatable bonds is 1. The molecule has 1 atom stereocenters. The van der Waals surface area contributed by atoms with Gasteiger partial charge in [0.15, 0.2) is 0 Å². The Labute approximate surface area is 123 Å². The van der Waals surface area contributed by atoms with Crippen LogP contribution < -0.4 is 4.90 Å². The van der Waals surface area contributed by atoms with Gasteiger partial charge >= 0.3 is 6.09 Å². The van der Waals surface area contributed by atoms with Crippen LogP contribution in [0, 0.1) is 5.82 Å². The largest absolute Gasteiger partial charge is 0.447 e. The summed E-state index contributed by atoms with van der Waals surface area (Å²) in [6.07, 6.45) is 4.34. The van der Waals surface area contributed by atoms with Gasteiger partial charge in [0.2, 0.25) is 0 Å². The van der Waals surface area contributed by atoms with E-state index < -0.39 is 0 Å². The molecule has 1 aromatic rings. The summed E-state index contributed by atoms with van der Waals surface area (Å²) in [4.78, 5) is 16.1. The van der Waals surface area contributed by atoms with E-state index in [9.17, 15) is 9.18 Å². The van der Waals surface area contributed by atoms with Gasteiger partial charge in [-0.2, -0.15) is 0 Å². The number of nitrogens with zero attached hydrogens (tertiary/aromatic N) is 2. The zero-order chi connectivity index (χ0) is 14.4. The van der Waals surface area contributed by atoms with Gasteiger partial charge in [-0.1, -0.05) is 12.5 Å². The number of halogens is 1. The maximum atomic E-state index is 13.7. The highest BCUT2D eigenvalue weighted by atomic mass is 19.1. The van der Waals surface area contributed by atoms with Crippen molar-refractivity contribution in [1.29, 1.82) is 0 Å². The van der Waals surface area contributed by atoms with Crippen LogP contribution in [0.4, 0.5) is 14.9 Å². The molecule has 0 bridgehead atoms. The molecule has 21 heavy (non-hydrogen) atoms. The molecular formula is C16H19FN2O2. The number of cyclic esters (lactones) is 1. The molecule has 112 valence electrons. The van der Waals surface area contributed by atoms with Gasteiger partial charge in [-0.05, 0) is 37.0 Å². The van der Waals surface area contributed by atoms with E-state index in [0.717, 1.165) is 25.1 Å². The third-order valence-electron chi connectivity index (χ3n) is 4.98. The van der Waals surface area contributed by atoms with Crippen molar-refractivity contribution in [3.8, 4) is 0 Å². The van der Waals surface area contributed by atoms with Crippen molar-refractivity contribution in [3.05, 3.63) is 29.6 Å². The molecular weight excluding hydrogens is 271 g/mol. The number of amides is 1. The van der Waals surface area contributed by atoms with Crippen LogP contribution in [-0.2, 0) is 11.3 Å². The van der Waals surface area contributed by atoms with Crippen molar-refractivity contribution < 1.29 is 13.9 Å². The maximum Gasteiger partial charge on any atom is 0.414 e. The smallest absolute Gasteiger partial charge is 0.414 e. The highest BCUT2D eigenvalue weighted by Gasteiger charge is 2.38. The number of carbonyl (C=O) groups is 1. The minimum Gasteiger partial charge on any atom is -0.447 e. The average Bonchev–Trinajstić information content (AvgIpc) is 2.74. The van der Waals surface area contributed by atoms with Crippen LogP contribution in [0.5, 0.6) is 0 Å². The quantitative estimate of drug-likeness (QED) is 0.797. The molecule has 5 heteroatoms. The Hall–Kier alpha value is -1.62. The van der Waals surface area contributed by atoms with Crippen molar-refractivity contribution in [2.75, 3.05) is 18.1 Å². The molecule has 2 fully saturated rings. The highest BCUT2D eigenvalue weighted by molar-refractivity contribution is 5.91. The Morgan fingerprint density at radius 2 is 2.05 bits per heavy atom. The van der Waals surface area contributed by atoms with Crippen molar-refractivity contribution in [1.82, 2.24) is 4.90 Å². The zero-order valence-corrected chi connectivity index (χ0v) is 11.9. The SMILES string of the molecule is O=C1OCC2CCN(C3CCC3)Cc3ccc(F)cc3N12. The van der Waals surface area contributed by atoms with E-state index in [1.807, 2.05) is 6.07 Å². The second-order valence-corrected chi connectivity index (χ2v) is 6.22. The van der Waals surface area contributed by atoms with Crippen LogP contribution in [0.15, 0.2) is 18.2 Å². The lowest BCUT2D eigenvalue weighted by atomic mass is 9.90. The number of ether oxygens (including phenoxy) is 1. The lowest BCUT2D eigenvalue weighted by molar-refractivity contribution is 0.112. The first-order valence-electron chi connectivity index (χ1n) is 7.71. The maximum absolute atomic E-state index is 13.7. The first-order chi connectivity index (χ1) is 10.2. The summed E-state index contributed by atoms with van der Waals surface area (Å²) in [6, 6.07) is 5.44. The van der Waals surface area contributed by atoms with Crippen LogP contribution in [0.25, 0.3) is 0 Å².